The van der Waals surface area contributed by atoms with Crippen LogP contribution in [0.5, 0.6) is 0 Å². The highest BCUT2D eigenvalue weighted by Gasteiger charge is 2.27. The molecule has 1 unspecified atom stereocenters. The Morgan fingerprint density at radius 3 is 1.70 bits per heavy atom. The standard InChI is InChI=1S/C40H70NO8P/c1-6-8-10-12-14-15-16-17-18-19-20-21-22-23-24-25-27-28-30-32-39(42)46-36-38(37-48-50(44,45)47-35-34-41(3,4)5)49-40(43)33-31-29-26-13-11-9-7-2/h8,10,14-15,17-18,20-21,23-24,38H,6-7,9,11-13,16,19,22,25-37H2,1-5H3/p+1/b10-8+,15-14+,18-17+,21-20+,24-23+/t38-/m0/s1. The van der Waals surface area contributed by atoms with Gasteiger partial charge >= 0.3 is 19.8 Å². The number of carbonyl (C=O) groups is 2. The van der Waals surface area contributed by atoms with Crippen molar-refractivity contribution in [3.63, 3.8) is 0 Å². The van der Waals surface area contributed by atoms with Crippen LogP contribution in [0.2, 0.25) is 0 Å². The molecular weight excluding hydrogens is 653 g/mol. The zero-order valence-electron chi connectivity index (χ0n) is 32.1. The maximum atomic E-state index is 12.5. The molecule has 0 saturated heterocycles. The molecule has 0 aromatic rings. The molecule has 0 amide bonds. The van der Waals surface area contributed by atoms with Gasteiger partial charge in [0.1, 0.15) is 19.8 Å². The molecule has 9 nitrogen and oxygen atoms in total. The van der Waals surface area contributed by atoms with E-state index in [0.717, 1.165) is 70.6 Å². The van der Waals surface area contributed by atoms with E-state index in [4.69, 9.17) is 18.5 Å². The van der Waals surface area contributed by atoms with E-state index in [2.05, 4.69) is 74.6 Å². The van der Waals surface area contributed by atoms with Gasteiger partial charge < -0.3 is 18.9 Å². The van der Waals surface area contributed by atoms with E-state index in [0.29, 0.717) is 23.9 Å². The van der Waals surface area contributed by atoms with Gasteiger partial charge in [-0.3, -0.25) is 18.6 Å². The van der Waals surface area contributed by atoms with Gasteiger partial charge in [0.15, 0.2) is 6.10 Å². The summed E-state index contributed by atoms with van der Waals surface area (Å²) >= 11 is 0. The Bertz CT molecular complexity index is 1040. The molecule has 0 fully saturated rings. The summed E-state index contributed by atoms with van der Waals surface area (Å²) < 4.78 is 34.0. The van der Waals surface area contributed by atoms with Gasteiger partial charge in [-0.1, -0.05) is 120 Å². The monoisotopic (exact) mass is 724 g/mol. The van der Waals surface area contributed by atoms with Crippen molar-refractivity contribution < 1.29 is 42.1 Å². The van der Waals surface area contributed by atoms with Gasteiger partial charge in [-0.15, -0.1) is 0 Å². The van der Waals surface area contributed by atoms with Crippen LogP contribution in [0.25, 0.3) is 0 Å². The van der Waals surface area contributed by atoms with Crippen LogP contribution in [-0.2, 0) is 32.7 Å². The summed E-state index contributed by atoms with van der Waals surface area (Å²) in [5.41, 5.74) is 0. The number of rotatable bonds is 33. The zero-order valence-corrected chi connectivity index (χ0v) is 33.0. The van der Waals surface area contributed by atoms with E-state index >= 15 is 0 Å². The highest BCUT2D eigenvalue weighted by atomic mass is 31.2. The van der Waals surface area contributed by atoms with E-state index in [9.17, 15) is 19.0 Å². The molecule has 0 rings (SSSR count). The van der Waals surface area contributed by atoms with Gasteiger partial charge in [0, 0.05) is 12.8 Å². The first-order valence-electron chi connectivity index (χ1n) is 19.0. The van der Waals surface area contributed by atoms with Crippen LogP contribution >= 0.6 is 7.82 Å². The van der Waals surface area contributed by atoms with Crippen LogP contribution in [0.4, 0.5) is 0 Å². The van der Waals surface area contributed by atoms with Crippen molar-refractivity contribution in [1.82, 2.24) is 0 Å². The number of unbranched alkanes of at least 4 members (excludes halogenated alkanes) is 9. The summed E-state index contributed by atoms with van der Waals surface area (Å²) in [6.45, 7) is 4.18. The Labute approximate surface area is 305 Å². The molecule has 0 aromatic carbocycles. The van der Waals surface area contributed by atoms with Crippen molar-refractivity contribution in [3.05, 3.63) is 60.8 Å². The number of phosphoric acid groups is 1. The van der Waals surface area contributed by atoms with Gasteiger partial charge in [-0.05, 0) is 57.8 Å². The predicted octanol–water partition coefficient (Wildman–Crippen LogP) is 10.1. The number of allylic oxidation sites excluding steroid dienone is 10. The van der Waals surface area contributed by atoms with Gasteiger partial charge in [0.25, 0.3) is 0 Å². The number of nitrogens with zero attached hydrogens (tertiary/aromatic N) is 1. The largest absolute Gasteiger partial charge is 0.472 e. The molecule has 10 heteroatoms. The van der Waals surface area contributed by atoms with E-state index in [-0.39, 0.29) is 26.1 Å². The molecule has 0 aliphatic heterocycles. The minimum atomic E-state index is -4.37. The average molecular weight is 725 g/mol. The van der Waals surface area contributed by atoms with E-state index < -0.39 is 32.5 Å². The van der Waals surface area contributed by atoms with Crippen LogP contribution in [0, 0.1) is 0 Å². The number of ether oxygens (including phenoxy) is 2. The molecule has 0 radical (unpaired) electrons. The Kier molecular flexibility index (Phi) is 31.1. The summed E-state index contributed by atoms with van der Waals surface area (Å²) in [7, 11) is 1.44. The van der Waals surface area contributed by atoms with E-state index in [1.807, 2.05) is 21.1 Å². The van der Waals surface area contributed by atoms with Crippen molar-refractivity contribution in [2.45, 2.75) is 136 Å². The molecule has 0 heterocycles. The molecule has 1 N–H and O–H groups in total. The van der Waals surface area contributed by atoms with E-state index in [1.54, 1.807) is 0 Å². The number of likely N-dealkylation sites (N-methyl/N-ethyl adjacent to an activating group) is 1. The highest BCUT2D eigenvalue weighted by Crippen LogP contribution is 2.43. The fourth-order valence-corrected chi connectivity index (χ4v) is 5.31. The lowest BCUT2D eigenvalue weighted by molar-refractivity contribution is -0.870. The molecule has 288 valence electrons. The normalized spacial score (nSPS) is 14.4. The fraction of sp³-hybridized carbons (Fsp3) is 0.700. The molecule has 0 aliphatic carbocycles. The predicted molar refractivity (Wildman–Crippen MR) is 206 cm³/mol. The van der Waals surface area contributed by atoms with Crippen LogP contribution in [0.15, 0.2) is 60.8 Å². The van der Waals surface area contributed by atoms with Crippen LogP contribution in [-0.4, -0.2) is 74.9 Å². The third-order valence-electron chi connectivity index (χ3n) is 7.56. The Balaban J connectivity index is 4.40. The molecule has 0 bridgehead atoms. The maximum absolute atomic E-state index is 12.5. The minimum absolute atomic E-state index is 0.0239. The summed E-state index contributed by atoms with van der Waals surface area (Å²) in [5.74, 6) is -0.851. The summed E-state index contributed by atoms with van der Waals surface area (Å²) in [5, 5.41) is 0. The molecule has 0 saturated carbocycles. The van der Waals surface area contributed by atoms with Gasteiger partial charge in [-0.25, -0.2) is 4.57 Å². The minimum Gasteiger partial charge on any atom is -0.462 e. The maximum Gasteiger partial charge on any atom is 0.472 e. The quantitative estimate of drug-likeness (QED) is 0.0234. The van der Waals surface area contributed by atoms with E-state index in [1.165, 1.54) is 19.3 Å². The summed E-state index contributed by atoms with van der Waals surface area (Å²) in [4.78, 5) is 35.0. The summed E-state index contributed by atoms with van der Waals surface area (Å²) in [6, 6.07) is 0. The first-order valence-corrected chi connectivity index (χ1v) is 20.5. The lowest BCUT2D eigenvalue weighted by Gasteiger charge is -2.24. The molecule has 0 aliphatic rings. The average Bonchev–Trinajstić information content (AvgIpc) is 3.06. The Hall–Kier alpha value is -2.29. The van der Waals surface area contributed by atoms with Gasteiger partial charge in [0.05, 0.1) is 27.7 Å². The molecular formula is C40H71NO8P+. The smallest absolute Gasteiger partial charge is 0.462 e. The SMILES string of the molecule is CC/C=C/C/C=C/C/C=C/C/C=C/C/C=C/CCCCCC(=O)OC[C@@H](COP(=O)(O)OCC[N+](C)(C)C)OC(=O)CCCCCCCCC. The van der Waals surface area contributed by atoms with Gasteiger partial charge in [0.2, 0.25) is 0 Å². The Morgan fingerprint density at radius 2 is 1.14 bits per heavy atom. The molecule has 50 heavy (non-hydrogen) atoms. The second-order valence-corrected chi connectivity index (χ2v) is 15.0. The number of carbonyl (C=O) groups excluding carboxylic acids is 2. The first kappa shape index (κ1) is 47.7. The van der Waals surface area contributed by atoms with Gasteiger partial charge in [-0.2, -0.15) is 0 Å². The molecule has 2 atom stereocenters. The lowest BCUT2D eigenvalue weighted by Crippen LogP contribution is -2.37. The highest BCUT2D eigenvalue weighted by molar-refractivity contribution is 7.47. The number of hydrogen-bond acceptors (Lipinski definition) is 7. The molecule has 0 spiro atoms. The number of phosphoric ester groups is 1. The van der Waals surface area contributed by atoms with Crippen LogP contribution in [0.1, 0.15) is 129 Å². The molecule has 0 aromatic heterocycles. The third kappa shape index (κ3) is 35.5. The zero-order chi connectivity index (χ0) is 37.2. The van der Waals surface area contributed by atoms with Crippen molar-refractivity contribution in [1.29, 1.82) is 0 Å². The second kappa shape index (κ2) is 32.6. The van der Waals surface area contributed by atoms with Crippen LogP contribution in [0.3, 0.4) is 0 Å². The van der Waals surface area contributed by atoms with Crippen molar-refractivity contribution in [2.24, 2.45) is 0 Å². The second-order valence-electron chi connectivity index (χ2n) is 13.6. The third-order valence-corrected chi connectivity index (χ3v) is 8.55. The van der Waals surface area contributed by atoms with Crippen molar-refractivity contribution in [2.75, 3.05) is 47.5 Å². The summed E-state index contributed by atoms with van der Waals surface area (Å²) in [6.07, 6.45) is 37.2. The Morgan fingerprint density at radius 1 is 0.640 bits per heavy atom. The number of esters is 2. The number of hydrogen-bond donors (Lipinski definition) is 1. The first-order chi connectivity index (χ1) is 24.0. The van der Waals surface area contributed by atoms with Crippen molar-refractivity contribution in [3.8, 4) is 0 Å². The lowest BCUT2D eigenvalue weighted by atomic mass is 10.1. The van der Waals surface area contributed by atoms with Crippen molar-refractivity contribution >= 4 is 19.8 Å². The van der Waals surface area contributed by atoms with Crippen LogP contribution < -0.4 is 0 Å². The number of quaternary nitrogens is 1. The topological polar surface area (TPSA) is 108 Å². The fourth-order valence-electron chi connectivity index (χ4n) is 4.57.